The molecule has 0 aliphatic carbocycles. The van der Waals surface area contributed by atoms with Crippen molar-refractivity contribution < 1.29 is 4.74 Å². The first-order valence-electron chi connectivity index (χ1n) is 6.12. The van der Waals surface area contributed by atoms with E-state index in [2.05, 4.69) is 27.8 Å². The fraction of sp³-hybridized carbons (Fsp3) is 0.385. The summed E-state index contributed by atoms with van der Waals surface area (Å²) in [5.74, 6) is 1.02. The number of aryl methyl sites for hydroxylation is 1. The number of benzene rings is 1. The molecular formula is C13H16N4O. The van der Waals surface area contributed by atoms with Gasteiger partial charge in [-0.3, -0.25) is 4.68 Å². The zero-order valence-corrected chi connectivity index (χ0v) is 10.3. The van der Waals surface area contributed by atoms with E-state index in [0.717, 1.165) is 31.0 Å². The van der Waals surface area contributed by atoms with E-state index in [1.165, 1.54) is 5.56 Å². The van der Waals surface area contributed by atoms with Gasteiger partial charge in [-0.2, -0.15) is 0 Å². The Morgan fingerprint density at radius 3 is 3.11 bits per heavy atom. The normalized spacial score (nSPS) is 17.5. The van der Waals surface area contributed by atoms with Crippen LogP contribution < -0.4 is 10.1 Å². The van der Waals surface area contributed by atoms with Crippen LogP contribution in [-0.4, -0.2) is 27.6 Å². The molecule has 18 heavy (non-hydrogen) atoms. The lowest BCUT2D eigenvalue weighted by Crippen LogP contribution is -2.29. The quantitative estimate of drug-likeness (QED) is 0.868. The predicted octanol–water partition coefficient (Wildman–Crippen LogP) is 0.908. The third-order valence-electron chi connectivity index (χ3n) is 3.04. The Hall–Kier alpha value is -1.88. The zero-order valence-electron chi connectivity index (χ0n) is 10.3. The largest absolute Gasteiger partial charge is 0.488 e. The summed E-state index contributed by atoms with van der Waals surface area (Å²) in [5, 5.41) is 11.3. The number of rotatable bonds is 4. The number of ether oxygens (including phenoxy) is 1. The molecule has 1 aromatic carbocycles. The Morgan fingerprint density at radius 2 is 2.33 bits per heavy atom. The van der Waals surface area contributed by atoms with Gasteiger partial charge in [0.05, 0.1) is 5.69 Å². The fourth-order valence-corrected chi connectivity index (χ4v) is 2.21. The van der Waals surface area contributed by atoms with Gasteiger partial charge in [0.25, 0.3) is 0 Å². The van der Waals surface area contributed by atoms with E-state index in [1.54, 1.807) is 4.68 Å². The number of nitrogens with zero attached hydrogens (tertiary/aromatic N) is 3. The molecule has 0 spiro atoms. The number of hydrogen-bond acceptors (Lipinski definition) is 4. The van der Waals surface area contributed by atoms with E-state index in [4.69, 9.17) is 4.74 Å². The highest BCUT2D eigenvalue weighted by Gasteiger charge is 2.21. The summed E-state index contributed by atoms with van der Waals surface area (Å²) < 4.78 is 7.55. The van der Waals surface area contributed by atoms with Crippen LogP contribution in [0.4, 0.5) is 0 Å². The van der Waals surface area contributed by atoms with Crippen LogP contribution in [0.25, 0.3) is 0 Å². The number of para-hydroxylation sites is 1. The smallest absolute Gasteiger partial charge is 0.123 e. The van der Waals surface area contributed by atoms with Gasteiger partial charge < -0.3 is 10.1 Å². The highest BCUT2D eigenvalue weighted by atomic mass is 16.5. The second-order valence-corrected chi connectivity index (χ2v) is 4.57. The van der Waals surface area contributed by atoms with Crippen molar-refractivity contribution in [1.29, 1.82) is 0 Å². The van der Waals surface area contributed by atoms with Crippen LogP contribution in [0, 0.1) is 0 Å². The van der Waals surface area contributed by atoms with Crippen molar-refractivity contribution in [2.75, 3.05) is 6.54 Å². The molecule has 0 bridgehead atoms. The maximum atomic E-state index is 5.85. The molecule has 3 rings (SSSR count). The van der Waals surface area contributed by atoms with Crippen molar-refractivity contribution in [2.24, 2.45) is 7.05 Å². The SMILES string of the molecule is Cn1cc(CNCC2Cc3ccccc3O2)nn1. The van der Waals surface area contributed by atoms with Gasteiger partial charge in [-0.1, -0.05) is 23.4 Å². The maximum absolute atomic E-state index is 5.85. The molecule has 0 amide bonds. The van der Waals surface area contributed by atoms with E-state index in [9.17, 15) is 0 Å². The average molecular weight is 244 g/mol. The third kappa shape index (κ3) is 2.36. The molecule has 1 aliphatic rings. The lowest BCUT2D eigenvalue weighted by Gasteiger charge is -2.10. The maximum Gasteiger partial charge on any atom is 0.123 e. The van der Waals surface area contributed by atoms with Gasteiger partial charge in [0.15, 0.2) is 0 Å². The summed E-state index contributed by atoms with van der Waals surface area (Å²) in [6.45, 7) is 1.55. The van der Waals surface area contributed by atoms with E-state index in [-0.39, 0.29) is 6.10 Å². The van der Waals surface area contributed by atoms with Crippen molar-refractivity contribution in [3.8, 4) is 5.75 Å². The van der Waals surface area contributed by atoms with Crippen LogP contribution in [0.2, 0.25) is 0 Å². The first kappa shape index (κ1) is 11.2. The molecule has 1 unspecified atom stereocenters. The molecule has 1 atom stereocenters. The topological polar surface area (TPSA) is 52.0 Å². The Balaban J connectivity index is 1.48. The molecule has 2 heterocycles. The molecule has 0 saturated heterocycles. The summed E-state index contributed by atoms with van der Waals surface area (Å²) in [6.07, 6.45) is 3.11. The zero-order chi connectivity index (χ0) is 12.4. The highest BCUT2D eigenvalue weighted by molar-refractivity contribution is 5.37. The van der Waals surface area contributed by atoms with Crippen LogP contribution >= 0.6 is 0 Å². The fourth-order valence-electron chi connectivity index (χ4n) is 2.21. The number of aromatic nitrogens is 3. The minimum Gasteiger partial charge on any atom is -0.488 e. The Bertz CT molecular complexity index is 512. The van der Waals surface area contributed by atoms with Gasteiger partial charge in [0.2, 0.25) is 0 Å². The van der Waals surface area contributed by atoms with Gasteiger partial charge in [-0.05, 0) is 11.6 Å². The molecule has 1 aliphatic heterocycles. The van der Waals surface area contributed by atoms with Crippen molar-refractivity contribution in [1.82, 2.24) is 20.3 Å². The van der Waals surface area contributed by atoms with Crippen LogP contribution in [0.3, 0.4) is 0 Å². The number of hydrogen-bond donors (Lipinski definition) is 1. The van der Waals surface area contributed by atoms with Gasteiger partial charge in [-0.15, -0.1) is 5.10 Å². The van der Waals surface area contributed by atoms with Crippen molar-refractivity contribution in [3.63, 3.8) is 0 Å². The molecule has 2 aromatic rings. The second-order valence-electron chi connectivity index (χ2n) is 4.57. The summed E-state index contributed by atoms with van der Waals surface area (Å²) in [5.41, 5.74) is 2.25. The van der Waals surface area contributed by atoms with Gasteiger partial charge in [-0.25, -0.2) is 0 Å². The summed E-state index contributed by atoms with van der Waals surface area (Å²) in [7, 11) is 1.87. The summed E-state index contributed by atoms with van der Waals surface area (Å²) in [6, 6.07) is 8.21. The van der Waals surface area contributed by atoms with E-state index >= 15 is 0 Å². The van der Waals surface area contributed by atoms with Gasteiger partial charge >= 0.3 is 0 Å². The summed E-state index contributed by atoms with van der Waals surface area (Å²) in [4.78, 5) is 0. The van der Waals surface area contributed by atoms with Gasteiger partial charge in [0.1, 0.15) is 11.9 Å². The highest BCUT2D eigenvalue weighted by Crippen LogP contribution is 2.27. The monoisotopic (exact) mass is 244 g/mol. The minimum absolute atomic E-state index is 0.221. The Morgan fingerprint density at radius 1 is 1.44 bits per heavy atom. The van der Waals surface area contributed by atoms with E-state index in [0.29, 0.717) is 0 Å². The minimum atomic E-state index is 0.221. The van der Waals surface area contributed by atoms with E-state index in [1.807, 2.05) is 25.4 Å². The molecule has 5 heteroatoms. The Kier molecular flexibility index (Phi) is 2.98. The first-order valence-corrected chi connectivity index (χ1v) is 6.12. The van der Waals surface area contributed by atoms with Crippen LogP contribution in [0.5, 0.6) is 5.75 Å². The van der Waals surface area contributed by atoms with Crippen molar-refractivity contribution in [3.05, 3.63) is 41.7 Å². The Labute approximate surface area is 106 Å². The molecule has 1 aromatic heterocycles. The van der Waals surface area contributed by atoms with Gasteiger partial charge in [0, 0.05) is 32.8 Å². The number of nitrogens with one attached hydrogen (secondary N) is 1. The van der Waals surface area contributed by atoms with Crippen LogP contribution in [-0.2, 0) is 20.0 Å². The standard InChI is InChI=1S/C13H16N4O/c1-17-9-11(15-16-17)7-14-8-12-6-10-4-2-3-5-13(10)18-12/h2-5,9,12,14H,6-8H2,1H3. The van der Waals surface area contributed by atoms with Crippen molar-refractivity contribution >= 4 is 0 Å². The average Bonchev–Trinajstić information content (AvgIpc) is 2.95. The molecular weight excluding hydrogens is 228 g/mol. The molecule has 94 valence electrons. The van der Waals surface area contributed by atoms with Crippen molar-refractivity contribution in [2.45, 2.75) is 19.1 Å². The van der Waals surface area contributed by atoms with Crippen LogP contribution in [0.15, 0.2) is 30.5 Å². The van der Waals surface area contributed by atoms with E-state index < -0.39 is 0 Å². The molecule has 0 fully saturated rings. The predicted molar refractivity (Wildman–Crippen MR) is 67.3 cm³/mol. The second kappa shape index (κ2) is 4.78. The molecule has 5 nitrogen and oxygen atoms in total. The third-order valence-corrected chi connectivity index (χ3v) is 3.04. The number of fused-ring (bicyclic) bond motifs is 1. The first-order chi connectivity index (χ1) is 8.81. The lowest BCUT2D eigenvalue weighted by molar-refractivity contribution is 0.227. The molecule has 1 N–H and O–H groups in total. The van der Waals surface area contributed by atoms with Crippen LogP contribution in [0.1, 0.15) is 11.3 Å². The summed E-state index contributed by atoms with van der Waals surface area (Å²) >= 11 is 0. The lowest BCUT2D eigenvalue weighted by atomic mass is 10.1. The molecule has 0 radical (unpaired) electrons. The molecule has 0 saturated carbocycles.